The minimum atomic E-state index is -0.421. The van der Waals surface area contributed by atoms with Crippen LogP contribution >= 0.6 is 0 Å². The van der Waals surface area contributed by atoms with Gasteiger partial charge < -0.3 is 24.4 Å². The maximum absolute atomic E-state index is 13.2. The molecule has 2 aromatic rings. The van der Waals surface area contributed by atoms with E-state index in [2.05, 4.69) is 29.2 Å². The lowest BCUT2D eigenvalue weighted by Gasteiger charge is -2.38. The molecule has 1 aromatic heterocycles. The van der Waals surface area contributed by atoms with Gasteiger partial charge in [0, 0.05) is 30.8 Å². The number of rotatable bonds is 5. The van der Waals surface area contributed by atoms with Crippen molar-refractivity contribution in [2.45, 2.75) is 32.7 Å². The van der Waals surface area contributed by atoms with Crippen molar-refractivity contribution in [2.24, 2.45) is 5.41 Å². The third-order valence-corrected chi connectivity index (χ3v) is 6.49. The van der Waals surface area contributed by atoms with Gasteiger partial charge in [-0.3, -0.25) is 9.59 Å². The molecule has 0 saturated carbocycles. The van der Waals surface area contributed by atoms with Gasteiger partial charge in [0.05, 0.1) is 20.3 Å². The zero-order valence-corrected chi connectivity index (χ0v) is 19.7. The molecule has 1 saturated heterocycles. The van der Waals surface area contributed by atoms with E-state index in [9.17, 15) is 9.59 Å². The highest BCUT2D eigenvalue weighted by atomic mass is 16.5. The molecule has 10 heteroatoms. The number of carbonyl (C=O) groups is 2. The normalized spacial score (nSPS) is 21.4. The number of anilines is 1. The summed E-state index contributed by atoms with van der Waals surface area (Å²) in [7, 11) is 1.55. The number of hydrogen-bond donors (Lipinski definition) is 1. The van der Waals surface area contributed by atoms with E-state index in [0.717, 1.165) is 17.7 Å². The third-order valence-electron chi connectivity index (χ3n) is 6.49. The van der Waals surface area contributed by atoms with E-state index >= 15 is 0 Å². The van der Waals surface area contributed by atoms with E-state index < -0.39 is 6.04 Å². The molecule has 0 spiro atoms. The third kappa shape index (κ3) is 4.13. The Morgan fingerprint density at radius 2 is 2.03 bits per heavy atom. The smallest absolute Gasteiger partial charge is 0.260 e. The molecule has 2 aliphatic heterocycles. The second-order valence-corrected chi connectivity index (χ2v) is 9.58. The van der Waals surface area contributed by atoms with Crippen molar-refractivity contribution in [1.82, 2.24) is 19.7 Å². The monoisotopic (exact) mass is 467 g/mol. The van der Waals surface area contributed by atoms with Gasteiger partial charge in [-0.25, -0.2) is 4.68 Å². The standard InChI is InChI=1S/C24H29N5O5/c1-24(2)11-16-21(17(30)12-24)22(29-23(27-16)25-14-26-29)15-4-5-18(19(10-15)32-3)34-13-20(31)28-6-8-33-9-7-28/h4-5,10,14,22H,6-9,11-13H2,1-3H3,(H,25,26,27)/t22-/m0/s1. The van der Waals surface area contributed by atoms with E-state index in [1.807, 2.05) is 12.1 Å². The summed E-state index contributed by atoms with van der Waals surface area (Å²) in [6.07, 6.45) is 2.70. The number of morpholine rings is 1. The predicted octanol–water partition coefficient (Wildman–Crippen LogP) is 2.18. The number of Topliss-reactive ketones (excluding diaryl/α,β-unsaturated/α-hetero) is 1. The fourth-order valence-electron chi connectivity index (χ4n) is 4.87. The number of nitrogens with one attached hydrogen (secondary N) is 1. The number of ketones is 1. The lowest BCUT2D eigenvalue weighted by molar-refractivity contribution is -0.137. The molecule has 1 N–H and O–H groups in total. The minimum Gasteiger partial charge on any atom is -0.493 e. The van der Waals surface area contributed by atoms with Gasteiger partial charge in [-0.2, -0.15) is 10.1 Å². The fraction of sp³-hybridized carbons (Fsp3) is 0.500. The van der Waals surface area contributed by atoms with Gasteiger partial charge >= 0.3 is 0 Å². The number of nitrogens with zero attached hydrogens (tertiary/aromatic N) is 4. The van der Waals surface area contributed by atoms with Crippen LogP contribution in [0.15, 0.2) is 35.8 Å². The summed E-state index contributed by atoms with van der Waals surface area (Å²) >= 11 is 0. The zero-order chi connectivity index (χ0) is 23.9. The Bertz CT molecular complexity index is 1150. The van der Waals surface area contributed by atoms with Gasteiger partial charge in [0.1, 0.15) is 12.4 Å². The molecule has 180 valence electrons. The molecule has 1 aliphatic carbocycles. The second-order valence-electron chi connectivity index (χ2n) is 9.58. The van der Waals surface area contributed by atoms with Gasteiger partial charge in [-0.15, -0.1) is 0 Å². The Balaban J connectivity index is 1.43. The minimum absolute atomic E-state index is 0.0842. The maximum Gasteiger partial charge on any atom is 0.260 e. The summed E-state index contributed by atoms with van der Waals surface area (Å²) in [5.41, 5.74) is 2.30. The van der Waals surface area contributed by atoms with Crippen LogP contribution in [0, 0.1) is 5.41 Å². The first-order valence-electron chi connectivity index (χ1n) is 11.5. The molecule has 0 unspecified atom stereocenters. The lowest BCUT2D eigenvalue weighted by Crippen LogP contribution is -2.43. The second kappa shape index (κ2) is 8.75. The number of methoxy groups -OCH3 is 1. The molecule has 10 nitrogen and oxygen atoms in total. The van der Waals surface area contributed by atoms with Crippen molar-refractivity contribution >= 4 is 17.6 Å². The van der Waals surface area contributed by atoms with E-state index in [1.165, 1.54) is 6.33 Å². The van der Waals surface area contributed by atoms with E-state index in [1.54, 1.807) is 22.8 Å². The number of benzene rings is 1. The Morgan fingerprint density at radius 1 is 1.24 bits per heavy atom. The number of fused-ring (bicyclic) bond motifs is 1. The van der Waals surface area contributed by atoms with Crippen molar-refractivity contribution in [1.29, 1.82) is 0 Å². The van der Waals surface area contributed by atoms with Crippen LogP contribution in [0.1, 0.15) is 38.3 Å². The molecule has 0 bridgehead atoms. The number of aromatic nitrogens is 3. The zero-order valence-electron chi connectivity index (χ0n) is 19.7. The first-order chi connectivity index (χ1) is 16.4. The van der Waals surface area contributed by atoms with E-state index in [4.69, 9.17) is 14.2 Å². The Hall–Kier alpha value is -3.40. The number of hydrogen-bond acceptors (Lipinski definition) is 8. The van der Waals surface area contributed by atoms with Crippen LogP contribution in [0.25, 0.3) is 0 Å². The van der Waals surface area contributed by atoms with Crippen LogP contribution in [0.3, 0.4) is 0 Å². The first kappa shape index (κ1) is 22.4. The highest BCUT2D eigenvalue weighted by Gasteiger charge is 2.41. The largest absolute Gasteiger partial charge is 0.493 e. The van der Waals surface area contributed by atoms with Crippen molar-refractivity contribution in [3.05, 3.63) is 41.4 Å². The Kier molecular flexibility index (Phi) is 5.76. The van der Waals surface area contributed by atoms with E-state index in [0.29, 0.717) is 55.7 Å². The number of allylic oxidation sites excluding steroid dienone is 2. The highest BCUT2D eigenvalue weighted by molar-refractivity contribution is 6.00. The summed E-state index contributed by atoms with van der Waals surface area (Å²) in [4.78, 5) is 31.8. The first-order valence-corrected chi connectivity index (χ1v) is 11.5. The molecular formula is C24H29N5O5. The van der Waals surface area contributed by atoms with Crippen LogP contribution in [-0.4, -0.2) is 71.4 Å². The summed E-state index contributed by atoms with van der Waals surface area (Å²) < 4.78 is 18.4. The summed E-state index contributed by atoms with van der Waals surface area (Å²) in [5, 5.41) is 7.70. The average Bonchev–Trinajstić information content (AvgIpc) is 3.29. The van der Waals surface area contributed by atoms with Gasteiger partial charge in [0.15, 0.2) is 23.9 Å². The molecule has 0 radical (unpaired) electrons. The summed E-state index contributed by atoms with van der Waals surface area (Å²) in [6.45, 7) is 6.32. The van der Waals surface area contributed by atoms with Crippen LogP contribution in [0.5, 0.6) is 11.5 Å². The van der Waals surface area contributed by atoms with Crippen LogP contribution < -0.4 is 14.8 Å². The van der Waals surface area contributed by atoms with Crippen molar-refractivity contribution in [3.8, 4) is 11.5 Å². The number of amides is 1. The molecule has 1 atom stereocenters. The summed E-state index contributed by atoms with van der Waals surface area (Å²) in [5.74, 6) is 1.55. The molecule has 1 aromatic carbocycles. The van der Waals surface area contributed by atoms with Gasteiger partial charge in [-0.05, 0) is 29.5 Å². The van der Waals surface area contributed by atoms with Crippen LogP contribution in [0.2, 0.25) is 0 Å². The Morgan fingerprint density at radius 3 is 2.79 bits per heavy atom. The average molecular weight is 468 g/mol. The van der Waals surface area contributed by atoms with Gasteiger partial charge in [0.2, 0.25) is 5.95 Å². The molecule has 1 fully saturated rings. The molecule has 5 rings (SSSR count). The number of ether oxygens (including phenoxy) is 3. The fourth-order valence-corrected chi connectivity index (χ4v) is 4.87. The van der Waals surface area contributed by atoms with Crippen LogP contribution in [0.4, 0.5) is 5.95 Å². The molecular weight excluding hydrogens is 438 g/mol. The van der Waals surface area contributed by atoms with Gasteiger partial charge in [0.25, 0.3) is 5.91 Å². The predicted molar refractivity (Wildman–Crippen MR) is 123 cm³/mol. The lowest BCUT2D eigenvalue weighted by atomic mass is 9.73. The van der Waals surface area contributed by atoms with Gasteiger partial charge in [-0.1, -0.05) is 19.9 Å². The molecule has 34 heavy (non-hydrogen) atoms. The molecule has 1 amide bonds. The van der Waals surface area contributed by atoms with Crippen molar-refractivity contribution in [3.63, 3.8) is 0 Å². The molecule has 3 heterocycles. The Labute approximate surface area is 197 Å². The highest BCUT2D eigenvalue weighted by Crippen LogP contribution is 2.46. The van der Waals surface area contributed by atoms with Crippen molar-refractivity contribution in [2.75, 3.05) is 45.3 Å². The van der Waals surface area contributed by atoms with E-state index in [-0.39, 0.29) is 23.7 Å². The summed E-state index contributed by atoms with van der Waals surface area (Å²) in [6, 6.07) is 5.08. The molecule has 3 aliphatic rings. The van der Waals surface area contributed by atoms with Crippen molar-refractivity contribution < 1.29 is 23.8 Å². The van der Waals surface area contributed by atoms with Crippen LogP contribution in [-0.2, 0) is 14.3 Å². The SMILES string of the molecule is COc1cc([C@H]2C3=C(CC(C)(C)CC3=O)Nc3ncnn32)ccc1OCC(=O)N1CCOCC1. The number of carbonyl (C=O) groups excluding carboxylic acids is 2. The maximum atomic E-state index is 13.2. The topological polar surface area (TPSA) is 108 Å². The quantitative estimate of drug-likeness (QED) is 0.713.